The van der Waals surface area contributed by atoms with Gasteiger partial charge in [0.25, 0.3) is 0 Å². The minimum absolute atomic E-state index is 0.262. The molecule has 1 aliphatic carbocycles. The lowest BCUT2D eigenvalue weighted by Gasteiger charge is -2.47. The average molecular weight is 239 g/mol. The van der Waals surface area contributed by atoms with Crippen LogP contribution in [0.4, 0.5) is 0 Å². The SMILES string of the molecule is CCC(CC(=O)O)N1CCC[C@H]2CCCC[C@H]21. The van der Waals surface area contributed by atoms with Gasteiger partial charge < -0.3 is 5.11 Å². The molecule has 1 unspecified atom stereocenters. The van der Waals surface area contributed by atoms with Crippen molar-refractivity contribution < 1.29 is 9.90 Å². The maximum absolute atomic E-state index is 10.9. The van der Waals surface area contributed by atoms with E-state index in [-0.39, 0.29) is 6.04 Å². The van der Waals surface area contributed by atoms with E-state index in [9.17, 15) is 4.79 Å². The number of hydrogen-bond donors (Lipinski definition) is 1. The molecule has 17 heavy (non-hydrogen) atoms. The summed E-state index contributed by atoms with van der Waals surface area (Å²) >= 11 is 0. The molecule has 2 rings (SSSR count). The van der Waals surface area contributed by atoms with E-state index in [2.05, 4.69) is 11.8 Å². The lowest BCUT2D eigenvalue weighted by molar-refractivity contribution is -0.139. The standard InChI is InChI=1S/C14H25NO2/c1-2-12(10-14(16)17)15-9-5-7-11-6-3-4-8-13(11)15/h11-13H,2-10H2,1H3,(H,16,17)/t11-,12?,13-/m1/s1. The van der Waals surface area contributed by atoms with E-state index in [4.69, 9.17) is 5.11 Å². The van der Waals surface area contributed by atoms with Crippen LogP contribution in [0.25, 0.3) is 0 Å². The summed E-state index contributed by atoms with van der Waals surface area (Å²) in [4.78, 5) is 13.5. The summed E-state index contributed by atoms with van der Waals surface area (Å²) in [6.07, 6.45) is 9.29. The van der Waals surface area contributed by atoms with Crippen molar-refractivity contribution in [2.24, 2.45) is 5.92 Å². The monoisotopic (exact) mass is 239 g/mol. The van der Waals surface area contributed by atoms with Gasteiger partial charge in [0.05, 0.1) is 6.42 Å². The molecular formula is C14H25NO2. The summed E-state index contributed by atoms with van der Waals surface area (Å²) in [5, 5.41) is 9.02. The van der Waals surface area contributed by atoms with Crippen molar-refractivity contribution in [1.82, 2.24) is 4.90 Å². The van der Waals surface area contributed by atoms with Gasteiger partial charge in [0, 0.05) is 12.1 Å². The normalized spacial score (nSPS) is 31.8. The van der Waals surface area contributed by atoms with Crippen LogP contribution in [0.15, 0.2) is 0 Å². The first kappa shape index (κ1) is 12.9. The number of hydrogen-bond acceptors (Lipinski definition) is 2. The zero-order valence-corrected chi connectivity index (χ0v) is 10.9. The Kier molecular flexibility index (Phi) is 4.43. The van der Waals surface area contributed by atoms with E-state index in [1.54, 1.807) is 0 Å². The first-order valence-corrected chi connectivity index (χ1v) is 7.20. The van der Waals surface area contributed by atoms with Crippen LogP contribution in [-0.4, -0.2) is 34.6 Å². The third kappa shape index (κ3) is 3.01. The van der Waals surface area contributed by atoms with Gasteiger partial charge in [-0.15, -0.1) is 0 Å². The molecule has 0 aromatic carbocycles. The second-order valence-corrected chi connectivity index (χ2v) is 5.65. The van der Waals surface area contributed by atoms with Crippen molar-refractivity contribution in [2.75, 3.05) is 6.54 Å². The molecule has 0 aromatic heterocycles. The molecule has 3 nitrogen and oxygen atoms in total. The molecule has 1 saturated heterocycles. The van der Waals surface area contributed by atoms with Crippen LogP contribution in [0.2, 0.25) is 0 Å². The zero-order valence-electron chi connectivity index (χ0n) is 10.9. The number of piperidine rings is 1. The van der Waals surface area contributed by atoms with Gasteiger partial charge in [-0.05, 0) is 44.6 Å². The van der Waals surface area contributed by atoms with Crippen LogP contribution in [0.5, 0.6) is 0 Å². The third-order valence-electron chi connectivity index (χ3n) is 4.64. The quantitative estimate of drug-likeness (QED) is 0.820. The number of carboxylic acid groups (broad SMARTS) is 1. The third-order valence-corrected chi connectivity index (χ3v) is 4.64. The average Bonchev–Trinajstić information content (AvgIpc) is 2.35. The Labute approximate surface area is 104 Å². The van der Waals surface area contributed by atoms with Crippen molar-refractivity contribution in [3.05, 3.63) is 0 Å². The van der Waals surface area contributed by atoms with Crippen LogP contribution in [-0.2, 0) is 4.79 Å². The van der Waals surface area contributed by atoms with Gasteiger partial charge in [0.15, 0.2) is 0 Å². The van der Waals surface area contributed by atoms with Crippen molar-refractivity contribution in [1.29, 1.82) is 0 Å². The molecule has 2 fully saturated rings. The summed E-state index contributed by atoms with van der Waals surface area (Å²) in [6, 6.07) is 0.945. The van der Waals surface area contributed by atoms with Crippen molar-refractivity contribution >= 4 is 5.97 Å². The summed E-state index contributed by atoms with van der Waals surface area (Å²) in [5.74, 6) is 0.204. The minimum Gasteiger partial charge on any atom is -0.481 e. The van der Waals surface area contributed by atoms with E-state index >= 15 is 0 Å². The Morgan fingerprint density at radius 1 is 1.29 bits per heavy atom. The summed E-state index contributed by atoms with van der Waals surface area (Å²) in [5.41, 5.74) is 0. The molecule has 3 heteroatoms. The van der Waals surface area contributed by atoms with Crippen LogP contribution in [0, 0.1) is 5.92 Å². The fourth-order valence-electron chi connectivity index (χ4n) is 3.81. The number of rotatable bonds is 4. The number of fused-ring (bicyclic) bond motifs is 1. The number of carboxylic acids is 1. The molecule has 1 saturated carbocycles. The van der Waals surface area contributed by atoms with Gasteiger partial charge in [-0.25, -0.2) is 0 Å². The topological polar surface area (TPSA) is 40.5 Å². The second-order valence-electron chi connectivity index (χ2n) is 5.65. The van der Waals surface area contributed by atoms with Crippen molar-refractivity contribution in [2.45, 2.75) is 70.4 Å². The highest BCUT2D eigenvalue weighted by Gasteiger charge is 2.36. The summed E-state index contributed by atoms with van der Waals surface area (Å²) < 4.78 is 0. The first-order chi connectivity index (χ1) is 8.22. The lowest BCUT2D eigenvalue weighted by atomic mass is 9.77. The second kappa shape index (κ2) is 5.85. The van der Waals surface area contributed by atoms with E-state index in [0.717, 1.165) is 18.9 Å². The molecule has 3 atom stereocenters. The zero-order chi connectivity index (χ0) is 12.3. The fraction of sp³-hybridized carbons (Fsp3) is 0.929. The molecule has 98 valence electrons. The summed E-state index contributed by atoms with van der Waals surface area (Å²) in [6.45, 7) is 3.24. The van der Waals surface area contributed by atoms with E-state index in [1.807, 2.05) is 0 Å². The maximum atomic E-state index is 10.9. The number of nitrogens with zero attached hydrogens (tertiary/aromatic N) is 1. The van der Waals surface area contributed by atoms with Crippen LogP contribution >= 0.6 is 0 Å². The highest BCUT2D eigenvalue weighted by molar-refractivity contribution is 5.67. The first-order valence-electron chi connectivity index (χ1n) is 7.20. The molecular weight excluding hydrogens is 214 g/mol. The predicted octanol–water partition coefficient (Wildman–Crippen LogP) is 2.89. The number of aliphatic carboxylic acids is 1. The highest BCUT2D eigenvalue weighted by Crippen LogP contribution is 2.37. The molecule has 0 aromatic rings. The molecule has 0 spiro atoms. The van der Waals surface area contributed by atoms with E-state index in [0.29, 0.717) is 12.5 Å². The van der Waals surface area contributed by atoms with Crippen LogP contribution in [0.3, 0.4) is 0 Å². The Hall–Kier alpha value is -0.570. The lowest BCUT2D eigenvalue weighted by Crippen LogP contribution is -2.51. The van der Waals surface area contributed by atoms with Gasteiger partial charge in [0.2, 0.25) is 0 Å². The molecule has 0 amide bonds. The number of carbonyl (C=O) groups is 1. The van der Waals surface area contributed by atoms with Gasteiger partial charge in [-0.2, -0.15) is 0 Å². The van der Waals surface area contributed by atoms with Crippen LogP contribution < -0.4 is 0 Å². The molecule has 1 heterocycles. The van der Waals surface area contributed by atoms with Gasteiger partial charge in [0.1, 0.15) is 0 Å². The molecule has 1 N–H and O–H groups in total. The minimum atomic E-state index is -0.644. The Balaban J connectivity index is 2.03. The largest absolute Gasteiger partial charge is 0.481 e. The van der Waals surface area contributed by atoms with E-state index in [1.165, 1.54) is 38.5 Å². The maximum Gasteiger partial charge on any atom is 0.304 e. The predicted molar refractivity (Wildman–Crippen MR) is 68.0 cm³/mol. The molecule has 1 aliphatic heterocycles. The smallest absolute Gasteiger partial charge is 0.304 e. The van der Waals surface area contributed by atoms with Gasteiger partial charge in [-0.1, -0.05) is 19.8 Å². The summed E-state index contributed by atoms with van der Waals surface area (Å²) in [7, 11) is 0. The Morgan fingerprint density at radius 2 is 2.00 bits per heavy atom. The molecule has 0 bridgehead atoms. The fourth-order valence-corrected chi connectivity index (χ4v) is 3.81. The van der Waals surface area contributed by atoms with Gasteiger partial charge >= 0.3 is 5.97 Å². The molecule has 2 aliphatic rings. The highest BCUT2D eigenvalue weighted by atomic mass is 16.4. The van der Waals surface area contributed by atoms with Crippen molar-refractivity contribution in [3.8, 4) is 0 Å². The van der Waals surface area contributed by atoms with Crippen LogP contribution in [0.1, 0.15) is 58.3 Å². The Morgan fingerprint density at radius 3 is 2.71 bits per heavy atom. The van der Waals surface area contributed by atoms with Gasteiger partial charge in [-0.3, -0.25) is 9.69 Å². The van der Waals surface area contributed by atoms with E-state index < -0.39 is 5.97 Å². The Bertz CT molecular complexity index is 265. The van der Waals surface area contributed by atoms with Crippen molar-refractivity contribution in [3.63, 3.8) is 0 Å². The molecule has 0 radical (unpaired) electrons. The number of likely N-dealkylation sites (tertiary alicyclic amines) is 1.